The summed E-state index contributed by atoms with van der Waals surface area (Å²) in [4.78, 5) is 5.70. The zero-order valence-corrected chi connectivity index (χ0v) is 20.6. The van der Waals surface area contributed by atoms with Crippen LogP contribution in [0.4, 0.5) is 0 Å². The lowest BCUT2D eigenvalue weighted by Gasteiger charge is -2.23. The highest BCUT2D eigenvalue weighted by Crippen LogP contribution is 2.36. The van der Waals surface area contributed by atoms with Crippen LogP contribution in [-0.2, 0) is 21.4 Å². The van der Waals surface area contributed by atoms with E-state index in [2.05, 4.69) is 5.16 Å². The molecule has 184 valence electrons. The van der Waals surface area contributed by atoms with Crippen LogP contribution in [0.25, 0.3) is 11.1 Å². The fourth-order valence-corrected chi connectivity index (χ4v) is 5.70. The van der Waals surface area contributed by atoms with Crippen molar-refractivity contribution in [3.05, 3.63) is 114 Å². The summed E-state index contributed by atoms with van der Waals surface area (Å²) in [6.07, 6.45) is 0.371. The number of aliphatic hydroxyl groups is 1. The Labute approximate surface area is 210 Å². The maximum atomic E-state index is 13.4. The van der Waals surface area contributed by atoms with E-state index in [9.17, 15) is 13.5 Å². The minimum absolute atomic E-state index is 0.0183. The molecule has 0 fully saturated rings. The van der Waals surface area contributed by atoms with E-state index in [1.54, 1.807) is 36.4 Å². The van der Waals surface area contributed by atoms with Gasteiger partial charge in [0.05, 0.1) is 17.7 Å². The summed E-state index contributed by atoms with van der Waals surface area (Å²) in [6.45, 7) is 1.51. The zero-order chi connectivity index (χ0) is 25.1. The first-order chi connectivity index (χ1) is 17.4. The molecule has 0 aliphatic heterocycles. The first kappa shape index (κ1) is 24.0. The predicted octanol–water partition coefficient (Wildman–Crippen LogP) is 4.59. The minimum Gasteiger partial charge on any atom is -0.468 e. The molecule has 36 heavy (non-hydrogen) atoms. The van der Waals surface area contributed by atoms with E-state index in [1.807, 2.05) is 55.5 Å². The highest BCUT2D eigenvalue weighted by atomic mass is 32.2. The monoisotopic (exact) mass is 502 g/mol. The molecule has 1 N–H and O–H groups in total. The maximum absolute atomic E-state index is 13.4. The number of rotatable bonds is 9. The minimum atomic E-state index is -3.89. The highest BCUT2D eigenvalue weighted by molar-refractivity contribution is 7.89. The number of aryl methyl sites for hydroxylation is 1. The molecule has 1 aromatic heterocycles. The summed E-state index contributed by atoms with van der Waals surface area (Å²) in [5.41, 5.74) is 5.70. The Morgan fingerprint density at radius 1 is 0.889 bits per heavy atom. The van der Waals surface area contributed by atoms with Crippen molar-refractivity contribution in [3.8, 4) is 11.1 Å². The number of nitrogens with zero attached hydrogens (tertiary/aromatic N) is 2. The van der Waals surface area contributed by atoms with Gasteiger partial charge in [-0.1, -0.05) is 71.4 Å². The van der Waals surface area contributed by atoms with Gasteiger partial charge in [0.15, 0.2) is 0 Å². The van der Waals surface area contributed by atoms with Crippen molar-refractivity contribution in [1.82, 2.24) is 4.31 Å². The van der Waals surface area contributed by atoms with Gasteiger partial charge >= 0.3 is 0 Å². The molecule has 4 aromatic rings. The molecule has 1 aliphatic rings. The van der Waals surface area contributed by atoms with E-state index in [1.165, 1.54) is 10.6 Å². The second kappa shape index (κ2) is 10.1. The van der Waals surface area contributed by atoms with Crippen LogP contribution in [0.1, 0.15) is 22.5 Å². The van der Waals surface area contributed by atoms with Gasteiger partial charge in [0.25, 0.3) is 0 Å². The molecule has 1 heterocycles. The SMILES string of the molecule is Cc1ccc(S(=O)(=O)N(Cc2ccco2)CC(O)CON=C2c3ccccc3-c3ccccc32)cc1. The molecule has 1 unspecified atom stereocenters. The lowest BCUT2D eigenvalue weighted by molar-refractivity contribution is 0.0296. The van der Waals surface area contributed by atoms with Gasteiger partial charge in [-0.15, -0.1) is 0 Å². The normalized spacial score (nSPS) is 13.4. The zero-order valence-electron chi connectivity index (χ0n) is 19.7. The van der Waals surface area contributed by atoms with Crippen molar-refractivity contribution in [3.63, 3.8) is 0 Å². The van der Waals surface area contributed by atoms with Crippen molar-refractivity contribution in [2.24, 2.45) is 5.16 Å². The lowest BCUT2D eigenvalue weighted by atomic mass is 10.1. The van der Waals surface area contributed by atoms with E-state index < -0.39 is 16.1 Å². The van der Waals surface area contributed by atoms with Gasteiger partial charge in [0.2, 0.25) is 10.0 Å². The molecular formula is C28H26N2O5S. The van der Waals surface area contributed by atoms with Crippen molar-refractivity contribution < 1.29 is 22.8 Å². The van der Waals surface area contributed by atoms with Crippen molar-refractivity contribution in [1.29, 1.82) is 0 Å². The number of sulfonamides is 1. The Morgan fingerprint density at radius 3 is 2.08 bits per heavy atom. The number of aliphatic hydroxyl groups excluding tert-OH is 1. The van der Waals surface area contributed by atoms with Crippen LogP contribution in [0.2, 0.25) is 0 Å². The van der Waals surface area contributed by atoms with Gasteiger partial charge in [-0.2, -0.15) is 4.31 Å². The van der Waals surface area contributed by atoms with Crippen LogP contribution in [0.3, 0.4) is 0 Å². The number of oxime groups is 1. The van der Waals surface area contributed by atoms with Gasteiger partial charge in [0.1, 0.15) is 24.2 Å². The smallest absolute Gasteiger partial charge is 0.243 e. The molecule has 1 aliphatic carbocycles. The summed E-state index contributed by atoms with van der Waals surface area (Å²) in [5.74, 6) is 0.471. The maximum Gasteiger partial charge on any atom is 0.243 e. The summed E-state index contributed by atoms with van der Waals surface area (Å²) in [5, 5.41) is 15.1. The number of hydrogen-bond donors (Lipinski definition) is 1. The standard InChI is InChI=1S/C28H26N2O5S/c1-20-12-14-23(15-13-20)36(32,33)30(18-22-7-6-16-34-22)17-21(31)19-35-29-28-26-10-4-2-8-24(26)25-9-3-5-11-27(25)28/h2-16,21,31H,17-19H2,1H3. The topological polar surface area (TPSA) is 92.3 Å². The van der Waals surface area contributed by atoms with E-state index >= 15 is 0 Å². The molecule has 0 spiro atoms. The summed E-state index contributed by atoms with van der Waals surface area (Å²) in [6, 6.07) is 25.9. The Kier molecular flexibility index (Phi) is 6.73. The van der Waals surface area contributed by atoms with Crippen molar-refractivity contribution >= 4 is 15.7 Å². The molecule has 7 nitrogen and oxygen atoms in total. The lowest BCUT2D eigenvalue weighted by Crippen LogP contribution is -2.38. The summed E-state index contributed by atoms with van der Waals surface area (Å²) < 4.78 is 33.3. The first-order valence-electron chi connectivity index (χ1n) is 11.6. The first-order valence-corrected chi connectivity index (χ1v) is 13.0. The van der Waals surface area contributed by atoms with Crippen LogP contribution < -0.4 is 0 Å². The van der Waals surface area contributed by atoms with Crippen LogP contribution in [0.15, 0.2) is 106 Å². The van der Waals surface area contributed by atoms with Gasteiger partial charge in [-0.3, -0.25) is 0 Å². The van der Waals surface area contributed by atoms with Crippen LogP contribution in [-0.4, -0.2) is 42.8 Å². The fourth-order valence-electron chi connectivity index (χ4n) is 4.25. The molecule has 5 rings (SSSR count). The average Bonchev–Trinajstić information content (AvgIpc) is 3.51. The Morgan fingerprint density at radius 2 is 1.50 bits per heavy atom. The molecule has 1 atom stereocenters. The van der Waals surface area contributed by atoms with E-state index in [0.717, 1.165) is 27.8 Å². The van der Waals surface area contributed by atoms with Gasteiger partial charge in [0, 0.05) is 17.7 Å². The molecule has 0 saturated heterocycles. The number of hydrogen-bond acceptors (Lipinski definition) is 6. The fraction of sp³-hybridized carbons (Fsp3) is 0.179. The molecule has 0 bridgehead atoms. The molecule has 8 heteroatoms. The van der Waals surface area contributed by atoms with Gasteiger partial charge in [-0.05, 0) is 42.3 Å². The van der Waals surface area contributed by atoms with E-state index in [4.69, 9.17) is 9.25 Å². The Hall–Kier alpha value is -3.72. The van der Waals surface area contributed by atoms with Crippen LogP contribution in [0, 0.1) is 6.92 Å². The largest absolute Gasteiger partial charge is 0.468 e. The number of fused-ring (bicyclic) bond motifs is 3. The van der Waals surface area contributed by atoms with Crippen LogP contribution >= 0.6 is 0 Å². The molecule has 3 aromatic carbocycles. The number of furan rings is 1. The van der Waals surface area contributed by atoms with E-state index in [0.29, 0.717) is 11.5 Å². The van der Waals surface area contributed by atoms with Gasteiger partial charge in [-0.25, -0.2) is 8.42 Å². The molecule has 0 saturated carbocycles. The average molecular weight is 503 g/mol. The predicted molar refractivity (Wildman–Crippen MR) is 137 cm³/mol. The second-order valence-electron chi connectivity index (χ2n) is 8.67. The van der Waals surface area contributed by atoms with Gasteiger partial charge < -0.3 is 14.4 Å². The number of benzene rings is 3. The third-order valence-electron chi connectivity index (χ3n) is 6.06. The van der Waals surface area contributed by atoms with Crippen molar-refractivity contribution in [2.45, 2.75) is 24.5 Å². The second-order valence-corrected chi connectivity index (χ2v) is 10.6. The van der Waals surface area contributed by atoms with Crippen LogP contribution in [0.5, 0.6) is 0 Å². The highest BCUT2D eigenvalue weighted by Gasteiger charge is 2.29. The summed E-state index contributed by atoms with van der Waals surface area (Å²) >= 11 is 0. The Balaban J connectivity index is 1.33. The molecule has 0 radical (unpaired) electrons. The Bertz CT molecular complexity index is 1430. The quantitative estimate of drug-likeness (QED) is 0.298. The van der Waals surface area contributed by atoms with E-state index in [-0.39, 0.29) is 24.6 Å². The third kappa shape index (κ3) is 4.83. The molecular weight excluding hydrogens is 476 g/mol. The molecule has 0 amide bonds. The van der Waals surface area contributed by atoms with Crippen molar-refractivity contribution in [2.75, 3.05) is 13.2 Å². The third-order valence-corrected chi connectivity index (χ3v) is 7.89. The summed E-state index contributed by atoms with van der Waals surface area (Å²) in [7, 11) is -3.89.